The molecule has 158 valence electrons. The van der Waals surface area contributed by atoms with Gasteiger partial charge < -0.3 is 4.90 Å². The van der Waals surface area contributed by atoms with Gasteiger partial charge in [0.2, 0.25) is 11.8 Å². The van der Waals surface area contributed by atoms with Crippen molar-refractivity contribution in [1.29, 1.82) is 0 Å². The molecule has 0 aromatic heterocycles. The van der Waals surface area contributed by atoms with Gasteiger partial charge in [-0.3, -0.25) is 19.3 Å². The highest BCUT2D eigenvalue weighted by Gasteiger charge is 2.64. The number of benzene rings is 2. The van der Waals surface area contributed by atoms with Crippen LogP contribution in [0.3, 0.4) is 0 Å². The van der Waals surface area contributed by atoms with Gasteiger partial charge in [0.05, 0.1) is 17.9 Å². The van der Waals surface area contributed by atoms with Gasteiger partial charge in [-0.25, -0.2) is 0 Å². The van der Waals surface area contributed by atoms with Crippen molar-refractivity contribution < 1.29 is 14.4 Å². The lowest BCUT2D eigenvalue weighted by Gasteiger charge is -2.38. The predicted molar refractivity (Wildman–Crippen MR) is 120 cm³/mol. The van der Waals surface area contributed by atoms with E-state index in [0.29, 0.717) is 12.0 Å². The van der Waals surface area contributed by atoms with Gasteiger partial charge >= 0.3 is 0 Å². The number of hydrogen-bond acceptors (Lipinski definition) is 4. The maximum absolute atomic E-state index is 13.8. The minimum atomic E-state index is -0.701. The number of carbonyl (C=O) groups excluding carboxylic acids is 3. The van der Waals surface area contributed by atoms with Crippen LogP contribution in [0.1, 0.15) is 43.1 Å². The second-order valence-corrected chi connectivity index (χ2v) is 8.80. The molecule has 5 atom stereocenters. The zero-order chi connectivity index (χ0) is 21.9. The van der Waals surface area contributed by atoms with Crippen LogP contribution >= 0.6 is 0 Å². The Bertz CT molecular complexity index is 1110. The van der Waals surface area contributed by atoms with Crippen molar-refractivity contribution in [1.82, 2.24) is 4.90 Å². The number of hydrogen-bond donors (Lipinski definition) is 0. The summed E-state index contributed by atoms with van der Waals surface area (Å²) in [5.74, 6) is -1.67. The third kappa shape index (κ3) is 2.72. The maximum atomic E-state index is 13.8. The fourth-order valence-electron chi connectivity index (χ4n) is 5.51. The first-order chi connectivity index (χ1) is 15.0. The molecule has 0 bridgehead atoms. The number of para-hydroxylation sites is 1. The first-order valence-electron chi connectivity index (χ1n) is 11.0. The molecule has 5 heteroatoms. The van der Waals surface area contributed by atoms with Crippen molar-refractivity contribution in [2.24, 2.45) is 11.8 Å². The number of amides is 2. The standard InChI is InChI=1S/C26H26N2O3/c1-4-16(3)27-25(30)21-20-14-15(2)18-12-8-9-13-19(18)28(20)23(22(21)26(27)31)24(29)17-10-6-5-7-11-17/h5-14,16,20-23H,4H2,1-3H3/t16-,20+,21-,22+,23+/m0/s1. The largest absolute Gasteiger partial charge is 0.352 e. The lowest BCUT2D eigenvalue weighted by atomic mass is 9.85. The van der Waals surface area contributed by atoms with Crippen molar-refractivity contribution >= 4 is 28.9 Å². The number of Topliss-reactive ketones (excluding diaryl/α,β-unsaturated/α-hetero) is 1. The number of rotatable bonds is 4. The van der Waals surface area contributed by atoms with E-state index in [4.69, 9.17) is 0 Å². The molecule has 0 aliphatic carbocycles. The Balaban J connectivity index is 1.69. The van der Waals surface area contributed by atoms with Gasteiger partial charge in [-0.2, -0.15) is 0 Å². The van der Waals surface area contributed by atoms with Crippen LogP contribution in [0.15, 0.2) is 60.7 Å². The first-order valence-corrected chi connectivity index (χ1v) is 11.0. The second kappa shape index (κ2) is 7.19. The number of allylic oxidation sites excluding steroid dienone is 1. The third-order valence-corrected chi connectivity index (χ3v) is 7.15. The van der Waals surface area contributed by atoms with Gasteiger partial charge in [-0.05, 0) is 31.9 Å². The van der Waals surface area contributed by atoms with E-state index >= 15 is 0 Å². The molecular formula is C26H26N2O3. The van der Waals surface area contributed by atoms with Crippen LogP contribution in [0.5, 0.6) is 0 Å². The normalized spacial score (nSPS) is 27.5. The fourth-order valence-corrected chi connectivity index (χ4v) is 5.51. The molecule has 0 radical (unpaired) electrons. The van der Waals surface area contributed by atoms with Crippen molar-refractivity contribution in [3.05, 3.63) is 71.8 Å². The Labute approximate surface area is 182 Å². The van der Waals surface area contributed by atoms with Crippen LogP contribution < -0.4 is 4.90 Å². The van der Waals surface area contributed by atoms with Crippen molar-refractivity contribution in [2.45, 2.75) is 45.3 Å². The molecule has 5 rings (SSSR count). The first kappa shape index (κ1) is 19.7. The van der Waals surface area contributed by atoms with E-state index in [1.807, 2.05) is 68.1 Å². The lowest BCUT2D eigenvalue weighted by molar-refractivity contribution is -0.142. The number of imide groups is 1. The van der Waals surface area contributed by atoms with E-state index in [2.05, 4.69) is 6.08 Å². The third-order valence-electron chi connectivity index (χ3n) is 7.15. The molecule has 3 aliphatic rings. The zero-order valence-electron chi connectivity index (χ0n) is 18.0. The number of ketones is 1. The SMILES string of the molecule is CC[C@H](C)N1C(=O)[C@@H]2[C@@H](C1=O)[C@H](C(=O)c1ccccc1)N1c3ccccc3C(C)=C[C@H]21. The van der Waals surface area contributed by atoms with Crippen LogP contribution in [0.4, 0.5) is 5.69 Å². The van der Waals surface area contributed by atoms with Crippen molar-refractivity contribution in [2.75, 3.05) is 4.90 Å². The highest BCUT2D eigenvalue weighted by Crippen LogP contribution is 2.50. The summed E-state index contributed by atoms with van der Waals surface area (Å²) in [6.07, 6.45) is 2.77. The number of carbonyl (C=O) groups is 3. The number of anilines is 1. The van der Waals surface area contributed by atoms with Gasteiger partial charge in [0.25, 0.3) is 0 Å². The zero-order valence-corrected chi connectivity index (χ0v) is 18.0. The molecule has 0 unspecified atom stereocenters. The summed E-state index contributed by atoms with van der Waals surface area (Å²) < 4.78 is 0. The molecule has 0 N–H and O–H groups in total. The second-order valence-electron chi connectivity index (χ2n) is 8.80. The monoisotopic (exact) mass is 414 g/mol. The minimum absolute atomic E-state index is 0.104. The van der Waals surface area contributed by atoms with Gasteiger partial charge in [0.15, 0.2) is 5.78 Å². The topological polar surface area (TPSA) is 57.7 Å². The van der Waals surface area contributed by atoms with E-state index in [9.17, 15) is 14.4 Å². The molecule has 3 heterocycles. The summed E-state index contributed by atoms with van der Waals surface area (Å²) >= 11 is 0. The highest BCUT2D eigenvalue weighted by atomic mass is 16.2. The average Bonchev–Trinajstić information content (AvgIpc) is 3.26. The molecular weight excluding hydrogens is 388 g/mol. The van der Waals surface area contributed by atoms with Crippen LogP contribution in [0.25, 0.3) is 5.57 Å². The smallest absolute Gasteiger partial charge is 0.236 e. The Kier molecular flexibility index (Phi) is 4.58. The number of fused-ring (bicyclic) bond motifs is 5. The van der Waals surface area contributed by atoms with Gasteiger partial charge in [0.1, 0.15) is 6.04 Å². The van der Waals surface area contributed by atoms with Gasteiger partial charge in [0, 0.05) is 22.9 Å². The van der Waals surface area contributed by atoms with Crippen molar-refractivity contribution in [3.8, 4) is 0 Å². The summed E-state index contributed by atoms with van der Waals surface area (Å²) in [4.78, 5) is 44.3. The molecule has 2 aromatic rings. The summed E-state index contributed by atoms with van der Waals surface area (Å²) in [7, 11) is 0. The molecule has 31 heavy (non-hydrogen) atoms. The summed E-state index contributed by atoms with van der Waals surface area (Å²) in [6, 6.07) is 15.9. The Morgan fingerprint density at radius 3 is 2.32 bits per heavy atom. The number of likely N-dealkylation sites (tertiary alicyclic amines) is 1. The van der Waals surface area contributed by atoms with E-state index in [0.717, 1.165) is 16.8 Å². The van der Waals surface area contributed by atoms with E-state index in [1.165, 1.54) is 4.90 Å². The summed E-state index contributed by atoms with van der Waals surface area (Å²) in [5, 5.41) is 0. The molecule has 0 spiro atoms. The average molecular weight is 415 g/mol. The summed E-state index contributed by atoms with van der Waals surface area (Å²) in [5.41, 5.74) is 3.61. The lowest BCUT2D eigenvalue weighted by Crippen LogP contribution is -2.50. The van der Waals surface area contributed by atoms with Crippen LogP contribution in [0, 0.1) is 11.8 Å². The van der Waals surface area contributed by atoms with Crippen LogP contribution in [0.2, 0.25) is 0 Å². The van der Waals surface area contributed by atoms with Gasteiger partial charge in [-0.15, -0.1) is 0 Å². The molecule has 2 fully saturated rings. The quantitative estimate of drug-likeness (QED) is 0.562. The summed E-state index contributed by atoms with van der Waals surface area (Å²) in [6.45, 7) is 5.91. The molecule has 3 aliphatic heterocycles. The molecule has 5 nitrogen and oxygen atoms in total. The predicted octanol–water partition coefficient (Wildman–Crippen LogP) is 3.94. The maximum Gasteiger partial charge on any atom is 0.236 e. The molecule has 2 saturated heterocycles. The fraction of sp³-hybridized carbons (Fsp3) is 0.346. The molecule has 2 amide bonds. The van der Waals surface area contributed by atoms with Crippen molar-refractivity contribution in [3.63, 3.8) is 0 Å². The van der Waals surface area contributed by atoms with Gasteiger partial charge in [-0.1, -0.05) is 61.5 Å². The Morgan fingerprint density at radius 1 is 0.968 bits per heavy atom. The Morgan fingerprint density at radius 2 is 1.61 bits per heavy atom. The molecule has 0 saturated carbocycles. The highest BCUT2D eigenvalue weighted by molar-refractivity contribution is 6.14. The number of nitrogens with zero attached hydrogens (tertiary/aromatic N) is 2. The van der Waals surface area contributed by atoms with E-state index in [1.54, 1.807) is 12.1 Å². The minimum Gasteiger partial charge on any atom is -0.352 e. The molecule has 2 aromatic carbocycles. The Hall–Kier alpha value is -3.21. The van der Waals surface area contributed by atoms with E-state index < -0.39 is 17.9 Å². The van der Waals surface area contributed by atoms with Crippen LogP contribution in [-0.4, -0.2) is 40.6 Å². The van der Waals surface area contributed by atoms with E-state index in [-0.39, 0.29) is 29.7 Å². The van der Waals surface area contributed by atoms with Crippen LogP contribution in [-0.2, 0) is 9.59 Å².